The van der Waals surface area contributed by atoms with Crippen molar-refractivity contribution >= 4 is 5.97 Å². The van der Waals surface area contributed by atoms with Crippen LogP contribution in [0, 0.1) is 0 Å². The number of aliphatic hydroxyl groups is 1. The molecule has 0 heterocycles. The molecule has 4 nitrogen and oxygen atoms in total. The van der Waals surface area contributed by atoms with Gasteiger partial charge in [0.2, 0.25) is 0 Å². The minimum atomic E-state index is -0.800. The van der Waals surface area contributed by atoms with Gasteiger partial charge in [0.25, 0.3) is 0 Å². The topological polar surface area (TPSA) is 83.5 Å². The molecule has 0 saturated carbocycles. The third kappa shape index (κ3) is 13.1. The smallest absolute Gasteiger partial charge is 0.303 e. The summed E-state index contributed by atoms with van der Waals surface area (Å²) in [5.74, 6) is -0.800. The quantitative estimate of drug-likeness (QED) is 0.363. The number of carboxylic acid groups (broad SMARTS) is 1. The molecule has 5 heteroatoms. The summed E-state index contributed by atoms with van der Waals surface area (Å²) in [6.07, 6.45) is 1.10. The molecule has 1 atom stereocenters. The third-order valence-corrected chi connectivity index (χ3v) is 1.14. The van der Waals surface area contributed by atoms with E-state index in [2.05, 4.69) is 0 Å². The SMILES string of the molecule is NC(O)CCCCC(=O)O.[Pd]. The van der Waals surface area contributed by atoms with Crippen LogP contribution < -0.4 is 5.73 Å². The average molecular weight is 254 g/mol. The summed E-state index contributed by atoms with van der Waals surface area (Å²) in [5.41, 5.74) is 5.02. The van der Waals surface area contributed by atoms with Crippen molar-refractivity contribution in [3.05, 3.63) is 0 Å². The van der Waals surface area contributed by atoms with Crippen LogP contribution >= 0.6 is 0 Å². The fourth-order valence-corrected chi connectivity index (χ4v) is 0.630. The maximum Gasteiger partial charge on any atom is 0.303 e. The Labute approximate surface area is 79.4 Å². The Balaban J connectivity index is 0. The molecule has 0 rings (SSSR count). The third-order valence-electron chi connectivity index (χ3n) is 1.14. The summed E-state index contributed by atoms with van der Waals surface area (Å²) in [7, 11) is 0. The van der Waals surface area contributed by atoms with Gasteiger partial charge in [-0.05, 0) is 19.3 Å². The van der Waals surface area contributed by atoms with E-state index in [1.54, 1.807) is 0 Å². The summed E-state index contributed by atoms with van der Waals surface area (Å²) in [5, 5.41) is 16.7. The van der Waals surface area contributed by atoms with Crippen molar-refractivity contribution in [1.29, 1.82) is 0 Å². The minimum Gasteiger partial charge on any atom is -0.481 e. The summed E-state index contributed by atoms with van der Waals surface area (Å²) >= 11 is 0. The fraction of sp³-hybridized carbons (Fsp3) is 0.833. The number of unbranched alkanes of at least 4 members (excludes halogenated alkanes) is 1. The van der Waals surface area contributed by atoms with E-state index >= 15 is 0 Å². The first-order valence-corrected chi connectivity index (χ1v) is 3.28. The molecule has 0 saturated heterocycles. The van der Waals surface area contributed by atoms with Crippen LogP contribution in [-0.4, -0.2) is 22.4 Å². The molecule has 0 fully saturated rings. The van der Waals surface area contributed by atoms with E-state index in [9.17, 15) is 4.79 Å². The molecule has 0 aromatic rings. The van der Waals surface area contributed by atoms with Gasteiger partial charge < -0.3 is 15.9 Å². The number of carboxylic acids is 1. The van der Waals surface area contributed by atoms with Crippen LogP contribution in [0.15, 0.2) is 0 Å². The number of aliphatic hydroxyl groups excluding tert-OH is 1. The molecule has 4 N–H and O–H groups in total. The normalized spacial score (nSPS) is 11.8. The Bertz CT molecular complexity index is 108. The number of aliphatic carboxylic acids is 1. The molecule has 0 aliphatic heterocycles. The number of nitrogens with two attached hydrogens (primary N) is 1. The van der Waals surface area contributed by atoms with Crippen LogP contribution in [0.5, 0.6) is 0 Å². The molecule has 0 bridgehead atoms. The van der Waals surface area contributed by atoms with Gasteiger partial charge >= 0.3 is 5.97 Å². The van der Waals surface area contributed by atoms with Crippen LogP contribution in [0.1, 0.15) is 25.7 Å². The molecule has 11 heavy (non-hydrogen) atoms. The van der Waals surface area contributed by atoms with E-state index in [1.165, 1.54) is 0 Å². The van der Waals surface area contributed by atoms with Crippen molar-refractivity contribution in [2.75, 3.05) is 0 Å². The predicted octanol–water partition coefficient (Wildman–Crippen LogP) is -0.0940. The van der Waals surface area contributed by atoms with Gasteiger partial charge in [-0.25, -0.2) is 0 Å². The maximum absolute atomic E-state index is 9.95. The predicted molar refractivity (Wildman–Crippen MR) is 36.3 cm³/mol. The number of hydrogen-bond acceptors (Lipinski definition) is 3. The van der Waals surface area contributed by atoms with E-state index in [1.807, 2.05) is 0 Å². The van der Waals surface area contributed by atoms with Crippen LogP contribution in [0.25, 0.3) is 0 Å². The van der Waals surface area contributed by atoms with Crippen molar-refractivity contribution in [3.63, 3.8) is 0 Å². The number of carbonyl (C=O) groups is 1. The molecule has 0 aliphatic carbocycles. The molecule has 0 amide bonds. The Morgan fingerprint density at radius 2 is 2.00 bits per heavy atom. The Hall–Kier alpha value is 0.0523. The summed E-state index contributed by atoms with van der Waals surface area (Å²) < 4.78 is 0. The Morgan fingerprint density at radius 3 is 2.36 bits per heavy atom. The van der Waals surface area contributed by atoms with E-state index in [-0.39, 0.29) is 26.8 Å². The first-order valence-electron chi connectivity index (χ1n) is 3.28. The Kier molecular flexibility index (Phi) is 10.1. The summed E-state index contributed by atoms with van der Waals surface area (Å²) in [6, 6.07) is 0. The molecule has 70 valence electrons. The van der Waals surface area contributed by atoms with Gasteiger partial charge in [0, 0.05) is 26.8 Å². The summed E-state index contributed by atoms with van der Waals surface area (Å²) in [4.78, 5) is 9.95. The molecule has 0 aliphatic rings. The molecule has 1 unspecified atom stereocenters. The first kappa shape index (κ1) is 13.6. The van der Waals surface area contributed by atoms with Crippen LogP contribution in [0.3, 0.4) is 0 Å². The van der Waals surface area contributed by atoms with E-state index in [0.717, 1.165) is 0 Å². The van der Waals surface area contributed by atoms with Crippen LogP contribution in [-0.2, 0) is 25.2 Å². The fourth-order valence-electron chi connectivity index (χ4n) is 0.630. The van der Waals surface area contributed by atoms with E-state index < -0.39 is 12.2 Å². The van der Waals surface area contributed by atoms with E-state index in [4.69, 9.17) is 15.9 Å². The second-order valence-corrected chi connectivity index (χ2v) is 2.21. The van der Waals surface area contributed by atoms with Gasteiger partial charge in [0.15, 0.2) is 0 Å². The summed E-state index contributed by atoms with van der Waals surface area (Å²) in [6.45, 7) is 0. The van der Waals surface area contributed by atoms with E-state index in [0.29, 0.717) is 19.3 Å². The molecular formula is C6H13NO3Pd. The standard InChI is InChI=1S/C6H13NO3.Pd/c7-5(8)3-1-2-4-6(9)10;/h5,8H,1-4,7H2,(H,9,10);. The minimum absolute atomic E-state index is 0. The maximum atomic E-state index is 9.95. The first-order chi connectivity index (χ1) is 4.63. The van der Waals surface area contributed by atoms with Crippen molar-refractivity contribution in [2.24, 2.45) is 5.73 Å². The zero-order chi connectivity index (χ0) is 7.98. The number of rotatable bonds is 5. The zero-order valence-electron chi connectivity index (χ0n) is 6.10. The second kappa shape index (κ2) is 8.15. The van der Waals surface area contributed by atoms with Gasteiger partial charge in [0.1, 0.15) is 6.23 Å². The largest absolute Gasteiger partial charge is 0.481 e. The van der Waals surface area contributed by atoms with Crippen LogP contribution in [0.4, 0.5) is 0 Å². The van der Waals surface area contributed by atoms with Crippen molar-refractivity contribution in [3.8, 4) is 0 Å². The van der Waals surface area contributed by atoms with Gasteiger partial charge in [-0.2, -0.15) is 0 Å². The second-order valence-electron chi connectivity index (χ2n) is 2.21. The van der Waals surface area contributed by atoms with Crippen molar-refractivity contribution in [1.82, 2.24) is 0 Å². The average Bonchev–Trinajstić information content (AvgIpc) is 1.79. The van der Waals surface area contributed by atoms with Crippen LogP contribution in [0.2, 0.25) is 0 Å². The molecule has 0 spiro atoms. The van der Waals surface area contributed by atoms with Gasteiger partial charge in [0.05, 0.1) is 0 Å². The molecule has 0 radical (unpaired) electrons. The van der Waals surface area contributed by atoms with Gasteiger partial charge in [-0.1, -0.05) is 0 Å². The van der Waals surface area contributed by atoms with Crippen molar-refractivity contribution < 1.29 is 35.4 Å². The monoisotopic (exact) mass is 253 g/mol. The molecule has 0 aromatic carbocycles. The zero-order valence-corrected chi connectivity index (χ0v) is 7.66. The molecular weight excluding hydrogens is 240 g/mol. The van der Waals surface area contributed by atoms with Gasteiger partial charge in [-0.15, -0.1) is 0 Å². The molecule has 0 aromatic heterocycles. The Morgan fingerprint density at radius 1 is 1.45 bits per heavy atom. The number of hydrogen-bond donors (Lipinski definition) is 3. The van der Waals surface area contributed by atoms with Gasteiger partial charge in [-0.3, -0.25) is 4.79 Å². The van der Waals surface area contributed by atoms with Crippen molar-refractivity contribution in [2.45, 2.75) is 31.9 Å².